The van der Waals surface area contributed by atoms with Gasteiger partial charge in [-0.2, -0.15) is 0 Å². The van der Waals surface area contributed by atoms with E-state index in [-0.39, 0.29) is 0 Å². The Labute approximate surface area is 81.2 Å². The fourth-order valence-electron chi connectivity index (χ4n) is 1.80. The summed E-state index contributed by atoms with van der Waals surface area (Å²) in [6, 6.07) is 0.577. The zero-order chi connectivity index (χ0) is 9.84. The third kappa shape index (κ3) is 2.37. The van der Waals surface area contributed by atoms with Crippen LogP contribution < -0.4 is 10.6 Å². The molecule has 3 heteroatoms. The van der Waals surface area contributed by atoms with Crippen LogP contribution in [0, 0.1) is 5.92 Å². The Morgan fingerprint density at radius 3 is 2.85 bits per heavy atom. The fourth-order valence-corrected chi connectivity index (χ4v) is 1.80. The second-order valence-electron chi connectivity index (χ2n) is 3.91. The topological polar surface area (TPSA) is 27.3 Å². The number of hydrogen-bond acceptors (Lipinski definition) is 3. The zero-order valence-electron chi connectivity index (χ0n) is 8.93. The first kappa shape index (κ1) is 10.4. The van der Waals surface area contributed by atoms with Crippen LogP contribution in [0.4, 0.5) is 0 Å². The van der Waals surface area contributed by atoms with Gasteiger partial charge in [-0.25, -0.2) is 0 Å². The first-order chi connectivity index (χ1) is 6.16. The average molecular weight is 183 g/mol. The minimum atomic E-state index is 0.577. The van der Waals surface area contributed by atoms with Crippen LogP contribution in [0.3, 0.4) is 0 Å². The van der Waals surface area contributed by atoms with E-state index in [1.807, 2.05) is 7.05 Å². The largest absolute Gasteiger partial charge is 0.375 e. The molecule has 76 valence electrons. The predicted octanol–water partition coefficient (Wildman–Crippen LogP) is 0.607. The summed E-state index contributed by atoms with van der Waals surface area (Å²) in [7, 11) is 1.93. The molecule has 0 saturated carbocycles. The molecule has 1 saturated heterocycles. The van der Waals surface area contributed by atoms with E-state index in [1.54, 1.807) is 0 Å². The molecule has 1 fully saturated rings. The molecule has 0 radical (unpaired) electrons. The normalized spacial score (nSPS) is 23.4. The summed E-state index contributed by atoms with van der Waals surface area (Å²) in [5.41, 5.74) is 0. The van der Waals surface area contributed by atoms with Crippen molar-refractivity contribution in [2.24, 2.45) is 5.92 Å². The molecule has 3 nitrogen and oxygen atoms in total. The van der Waals surface area contributed by atoms with Crippen molar-refractivity contribution in [2.75, 3.05) is 26.7 Å². The van der Waals surface area contributed by atoms with Gasteiger partial charge in [-0.05, 0) is 5.92 Å². The van der Waals surface area contributed by atoms with Gasteiger partial charge in [0.05, 0.1) is 5.82 Å². The van der Waals surface area contributed by atoms with E-state index in [0.717, 1.165) is 25.5 Å². The predicted molar refractivity (Wildman–Crippen MR) is 56.4 cm³/mol. The highest BCUT2D eigenvalue weighted by Crippen LogP contribution is 2.15. The lowest BCUT2D eigenvalue weighted by Gasteiger charge is -2.41. The summed E-state index contributed by atoms with van der Waals surface area (Å²) < 4.78 is 0. The van der Waals surface area contributed by atoms with Crippen LogP contribution in [-0.2, 0) is 0 Å². The molecular formula is C10H21N3. The van der Waals surface area contributed by atoms with E-state index in [0.29, 0.717) is 12.0 Å². The third-order valence-electron chi connectivity index (χ3n) is 2.69. The van der Waals surface area contributed by atoms with Gasteiger partial charge in [-0.1, -0.05) is 20.4 Å². The minimum absolute atomic E-state index is 0.577. The summed E-state index contributed by atoms with van der Waals surface area (Å²) in [6.07, 6.45) is 0. The van der Waals surface area contributed by atoms with E-state index >= 15 is 0 Å². The van der Waals surface area contributed by atoms with Crippen LogP contribution in [0.1, 0.15) is 13.8 Å². The van der Waals surface area contributed by atoms with Crippen LogP contribution in [0.25, 0.3) is 0 Å². The molecule has 0 amide bonds. The van der Waals surface area contributed by atoms with Crippen molar-refractivity contribution in [2.45, 2.75) is 19.9 Å². The van der Waals surface area contributed by atoms with Gasteiger partial charge in [0.2, 0.25) is 0 Å². The van der Waals surface area contributed by atoms with Crippen molar-refractivity contribution in [1.82, 2.24) is 15.5 Å². The second kappa shape index (κ2) is 4.51. The SMILES string of the molecule is C=C(NC)N1CCNCC1C(C)C. The molecule has 0 bridgehead atoms. The van der Waals surface area contributed by atoms with Gasteiger partial charge < -0.3 is 15.5 Å². The minimum Gasteiger partial charge on any atom is -0.375 e. The van der Waals surface area contributed by atoms with E-state index in [2.05, 4.69) is 36.0 Å². The Hall–Kier alpha value is -0.700. The fraction of sp³-hybridized carbons (Fsp3) is 0.800. The molecule has 13 heavy (non-hydrogen) atoms. The lowest BCUT2D eigenvalue weighted by Crippen LogP contribution is -2.54. The molecule has 0 aromatic rings. The molecule has 1 atom stereocenters. The van der Waals surface area contributed by atoms with Crippen molar-refractivity contribution in [3.8, 4) is 0 Å². The lowest BCUT2D eigenvalue weighted by molar-refractivity contribution is 0.157. The van der Waals surface area contributed by atoms with E-state index < -0.39 is 0 Å². The van der Waals surface area contributed by atoms with Crippen LogP contribution in [0.5, 0.6) is 0 Å². The molecule has 0 aliphatic carbocycles. The summed E-state index contributed by atoms with van der Waals surface area (Å²) >= 11 is 0. The lowest BCUT2D eigenvalue weighted by atomic mass is 10.0. The van der Waals surface area contributed by atoms with Gasteiger partial charge in [-0.3, -0.25) is 0 Å². The maximum Gasteiger partial charge on any atom is 0.0939 e. The zero-order valence-corrected chi connectivity index (χ0v) is 8.93. The molecule has 1 rings (SSSR count). The van der Waals surface area contributed by atoms with E-state index in [1.165, 1.54) is 0 Å². The average Bonchev–Trinajstić information content (AvgIpc) is 2.16. The maximum absolute atomic E-state index is 4.02. The first-order valence-corrected chi connectivity index (χ1v) is 5.00. The van der Waals surface area contributed by atoms with Gasteiger partial charge in [0.25, 0.3) is 0 Å². The Bertz CT molecular complexity index is 177. The highest BCUT2D eigenvalue weighted by Gasteiger charge is 2.24. The van der Waals surface area contributed by atoms with Gasteiger partial charge in [0.1, 0.15) is 0 Å². The Morgan fingerprint density at radius 1 is 1.62 bits per heavy atom. The van der Waals surface area contributed by atoms with Crippen molar-refractivity contribution >= 4 is 0 Å². The van der Waals surface area contributed by atoms with Gasteiger partial charge in [0.15, 0.2) is 0 Å². The molecule has 1 unspecified atom stereocenters. The van der Waals surface area contributed by atoms with E-state index in [9.17, 15) is 0 Å². The number of rotatable bonds is 3. The van der Waals surface area contributed by atoms with Crippen LogP contribution >= 0.6 is 0 Å². The molecule has 2 N–H and O–H groups in total. The standard InChI is InChI=1S/C10H21N3/c1-8(2)10-7-12-5-6-13(10)9(3)11-4/h8,10-12H,3,5-7H2,1-2,4H3. The monoisotopic (exact) mass is 183 g/mol. The summed E-state index contributed by atoms with van der Waals surface area (Å²) in [5.74, 6) is 1.71. The van der Waals surface area contributed by atoms with Crippen LogP contribution in [0.15, 0.2) is 12.4 Å². The molecule has 0 spiro atoms. The van der Waals surface area contributed by atoms with E-state index in [4.69, 9.17) is 0 Å². The summed E-state index contributed by atoms with van der Waals surface area (Å²) in [4.78, 5) is 2.36. The number of nitrogens with one attached hydrogen (secondary N) is 2. The summed E-state index contributed by atoms with van der Waals surface area (Å²) in [5, 5.41) is 6.54. The highest BCUT2D eigenvalue weighted by atomic mass is 15.3. The molecule has 1 aliphatic heterocycles. The van der Waals surface area contributed by atoms with Crippen molar-refractivity contribution in [3.05, 3.63) is 12.4 Å². The Kier molecular flexibility index (Phi) is 3.60. The highest BCUT2D eigenvalue weighted by molar-refractivity contribution is 4.97. The third-order valence-corrected chi connectivity index (χ3v) is 2.69. The summed E-state index contributed by atoms with van der Waals surface area (Å²) in [6.45, 7) is 11.7. The second-order valence-corrected chi connectivity index (χ2v) is 3.91. The van der Waals surface area contributed by atoms with Crippen molar-refractivity contribution in [1.29, 1.82) is 0 Å². The maximum atomic E-state index is 4.02. The molecule has 0 aromatic heterocycles. The van der Waals surface area contributed by atoms with Gasteiger partial charge in [-0.15, -0.1) is 0 Å². The smallest absolute Gasteiger partial charge is 0.0939 e. The molecule has 1 aliphatic rings. The first-order valence-electron chi connectivity index (χ1n) is 5.00. The molecule has 0 aromatic carbocycles. The number of nitrogens with zero attached hydrogens (tertiary/aromatic N) is 1. The number of hydrogen-bond donors (Lipinski definition) is 2. The van der Waals surface area contributed by atoms with Gasteiger partial charge in [0, 0.05) is 32.7 Å². The van der Waals surface area contributed by atoms with Gasteiger partial charge >= 0.3 is 0 Å². The Balaban J connectivity index is 2.61. The number of piperazine rings is 1. The van der Waals surface area contributed by atoms with Crippen LogP contribution in [-0.4, -0.2) is 37.6 Å². The van der Waals surface area contributed by atoms with Crippen LogP contribution in [0.2, 0.25) is 0 Å². The van der Waals surface area contributed by atoms with Crippen molar-refractivity contribution in [3.63, 3.8) is 0 Å². The molecule has 1 heterocycles. The van der Waals surface area contributed by atoms with Crippen molar-refractivity contribution < 1.29 is 0 Å². The molecular weight excluding hydrogens is 162 g/mol. The quantitative estimate of drug-likeness (QED) is 0.671. The Morgan fingerprint density at radius 2 is 2.31 bits per heavy atom.